The van der Waals surface area contributed by atoms with E-state index in [1.807, 2.05) is 0 Å². The van der Waals surface area contributed by atoms with E-state index in [2.05, 4.69) is 17.7 Å². The van der Waals surface area contributed by atoms with Crippen LogP contribution in [0.3, 0.4) is 0 Å². The van der Waals surface area contributed by atoms with Gasteiger partial charge in [-0.05, 0) is 37.6 Å². The number of hydrogen-bond donors (Lipinski definition) is 1. The van der Waals surface area contributed by atoms with Crippen LogP contribution < -0.4 is 5.73 Å². The first kappa shape index (κ1) is 11.6. The van der Waals surface area contributed by atoms with E-state index in [0.29, 0.717) is 5.92 Å². The summed E-state index contributed by atoms with van der Waals surface area (Å²) in [6.07, 6.45) is 9.25. The molecule has 2 N–H and O–H groups in total. The Morgan fingerprint density at radius 1 is 1.57 bits per heavy atom. The molecule has 80 valence electrons. The molecule has 0 aromatic rings. The van der Waals surface area contributed by atoms with Gasteiger partial charge in [0.05, 0.1) is 6.54 Å². The first-order chi connectivity index (χ1) is 6.76. The molecular weight excluding hydrogens is 172 g/mol. The standard InChI is InChI=1S/C12H22N2/c1-3-8-14(10-12-4-5-12)9-11(2)6-7-13/h1,11-12H,4-10,13H2,2H3. The van der Waals surface area contributed by atoms with E-state index < -0.39 is 0 Å². The third-order valence-corrected chi connectivity index (χ3v) is 2.76. The maximum absolute atomic E-state index is 5.53. The fraction of sp³-hybridized carbons (Fsp3) is 0.833. The Morgan fingerprint density at radius 3 is 2.79 bits per heavy atom. The van der Waals surface area contributed by atoms with E-state index in [0.717, 1.165) is 32.0 Å². The van der Waals surface area contributed by atoms with Gasteiger partial charge in [-0.25, -0.2) is 0 Å². The van der Waals surface area contributed by atoms with Crippen molar-refractivity contribution in [2.24, 2.45) is 17.6 Å². The van der Waals surface area contributed by atoms with Crippen LogP contribution in [0.15, 0.2) is 0 Å². The van der Waals surface area contributed by atoms with E-state index in [9.17, 15) is 0 Å². The molecule has 1 fully saturated rings. The maximum atomic E-state index is 5.53. The maximum Gasteiger partial charge on any atom is 0.0599 e. The number of terminal acetylenes is 1. The molecular formula is C12H22N2. The molecule has 1 saturated carbocycles. The van der Waals surface area contributed by atoms with Crippen LogP contribution in [0.25, 0.3) is 0 Å². The van der Waals surface area contributed by atoms with Gasteiger partial charge in [0.25, 0.3) is 0 Å². The lowest BCUT2D eigenvalue weighted by Crippen LogP contribution is -2.31. The minimum absolute atomic E-state index is 0.673. The van der Waals surface area contributed by atoms with Crippen LogP contribution in [0.5, 0.6) is 0 Å². The molecule has 2 nitrogen and oxygen atoms in total. The second-order valence-corrected chi connectivity index (χ2v) is 4.52. The Kier molecular flexibility index (Phi) is 5.00. The summed E-state index contributed by atoms with van der Waals surface area (Å²) in [5.41, 5.74) is 5.53. The molecule has 0 radical (unpaired) electrons. The van der Waals surface area contributed by atoms with Crippen LogP contribution in [-0.4, -0.2) is 31.1 Å². The Labute approximate surface area is 87.8 Å². The van der Waals surface area contributed by atoms with Crippen LogP contribution in [0, 0.1) is 24.2 Å². The first-order valence-corrected chi connectivity index (χ1v) is 5.62. The molecule has 0 bridgehead atoms. The molecule has 1 atom stereocenters. The largest absolute Gasteiger partial charge is 0.330 e. The highest BCUT2D eigenvalue weighted by molar-refractivity contribution is 4.90. The summed E-state index contributed by atoms with van der Waals surface area (Å²) in [7, 11) is 0. The molecule has 0 saturated heterocycles. The summed E-state index contributed by atoms with van der Waals surface area (Å²) in [5.74, 6) is 4.34. The van der Waals surface area contributed by atoms with Gasteiger partial charge >= 0.3 is 0 Å². The summed E-state index contributed by atoms with van der Waals surface area (Å²) < 4.78 is 0. The van der Waals surface area contributed by atoms with Crippen molar-refractivity contribution in [2.45, 2.75) is 26.2 Å². The molecule has 1 rings (SSSR count). The Balaban J connectivity index is 2.22. The van der Waals surface area contributed by atoms with Gasteiger partial charge in [-0.15, -0.1) is 6.42 Å². The van der Waals surface area contributed by atoms with Crippen molar-refractivity contribution in [3.05, 3.63) is 0 Å². The molecule has 0 amide bonds. The average Bonchev–Trinajstić information content (AvgIpc) is 2.89. The average molecular weight is 194 g/mol. The molecule has 0 aromatic heterocycles. The SMILES string of the molecule is C#CCN(CC(C)CCN)CC1CC1. The van der Waals surface area contributed by atoms with Gasteiger partial charge in [0.2, 0.25) is 0 Å². The fourth-order valence-corrected chi connectivity index (χ4v) is 1.81. The van der Waals surface area contributed by atoms with Crippen molar-refractivity contribution in [3.63, 3.8) is 0 Å². The lowest BCUT2D eigenvalue weighted by atomic mass is 10.1. The van der Waals surface area contributed by atoms with Crippen LogP contribution >= 0.6 is 0 Å². The minimum atomic E-state index is 0.673. The van der Waals surface area contributed by atoms with Gasteiger partial charge in [0, 0.05) is 13.1 Å². The molecule has 14 heavy (non-hydrogen) atoms. The lowest BCUT2D eigenvalue weighted by molar-refractivity contribution is 0.249. The molecule has 1 unspecified atom stereocenters. The first-order valence-electron chi connectivity index (χ1n) is 5.62. The monoisotopic (exact) mass is 194 g/mol. The van der Waals surface area contributed by atoms with Gasteiger partial charge in [-0.1, -0.05) is 12.8 Å². The third-order valence-electron chi connectivity index (χ3n) is 2.76. The Morgan fingerprint density at radius 2 is 2.29 bits per heavy atom. The van der Waals surface area contributed by atoms with E-state index >= 15 is 0 Å². The molecule has 0 heterocycles. The zero-order valence-electron chi connectivity index (χ0n) is 9.21. The topological polar surface area (TPSA) is 29.3 Å². The van der Waals surface area contributed by atoms with Crippen molar-refractivity contribution < 1.29 is 0 Å². The zero-order chi connectivity index (χ0) is 10.4. The third kappa shape index (κ3) is 4.64. The molecule has 0 aromatic carbocycles. The Hall–Kier alpha value is -0.520. The van der Waals surface area contributed by atoms with Crippen molar-refractivity contribution in [2.75, 3.05) is 26.2 Å². The predicted octanol–water partition coefficient (Wildman–Crippen LogP) is 1.32. The fourth-order valence-electron chi connectivity index (χ4n) is 1.81. The summed E-state index contributed by atoms with van der Waals surface area (Å²) in [4.78, 5) is 2.40. The highest BCUT2D eigenvalue weighted by atomic mass is 15.1. The van der Waals surface area contributed by atoms with Crippen molar-refractivity contribution in [1.29, 1.82) is 0 Å². The zero-order valence-corrected chi connectivity index (χ0v) is 9.21. The van der Waals surface area contributed by atoms with Crippen molar-refractivity contribution in [3.8, 4) is 12.3 Å². The van der Waals surface area contributed by atoms with Gasteiger partial charge in [0.15, 0.2) is 0 Å². The minimum Gasteiger partial charge on any atom is -0.330 e. The lowest BCUT2D eigenvalue weighted by Gasteiger charge is -2.23. The number of nitrogens with zero attached hydrogens (tertiary/aromatic N) is 1. The molecule has 1 aliphatic rings. The van der Waals surface area contributed by atoms with E-state index in [-0.39, 0.29) is 0 Å². The van der Waals surface area contributed by atoms with E-state index in [1.165, 1.54) is 19.4 Å². The van der Waals surface area contributed by atoms with Gasteiger partial charge in [0.1, 0.15) is 0 Å². The van der Waals surface area contributed by atoms with Crippen molar-refractivity contribution >= 4 is 0 Å². The number of hydrogen-bond acceptors (Lipinski definition) is 2. The van der Waals surface area contributed by atoms with Crippen LogP contribution in [0.4, 0.5) is 0 Å². The summed E-state index contributed by atoms with van der Waals surface area (Å²) in [6.45, 7) is 6.14. The molecule has 1 aliphatic carbocycles. The van der Waals surface area contributed by atoms with Crippen LogP contribution in [0.2, 0.25) is 0 Å². The number of rotatable bonds is 7. The molecule has 0 aliphatic heterocycles. The summed E-state index contributed by atoms with van der Waals surface area (Å²) in [6, 6.07) is 0. The second kappa shape index (κ2) is 6.06. The van der Waals surface area contributed by atoms with Crippen LogP contribution in [0.1, 0.15) is 26.2 Å². The predicted molar refractivity (Wildman–Crippen MR) is 60.8 cm³/mol. The second-order valence-electron chi connectivity index (χ2n) is 4.52. The van der Waals surface area contributed by atoms with Crippen LogP contribution in [-0.2, 0) is 0 Å². The van der Waals surface area contributed by atoms with Crippen molar-refractivity contribution in [1.82, 2.24) is 4.90 Å². The Bertz CT molecular complexity index is 191. The van der Waals surface area contributed by atoms with E-state index in [1.54, 1.807) is 0 Å². The highest BCUT2D eigenvalue weighted by Crippen LogP contribution is 2.29. The normalized spacial score (nSPS) is 18.1. The van der Waals surface area contributed by atoms with Gasteiger partial charge in [-0.2, -0.15) is 0 Å². The molecule has 0 spiro atoms. The van der Waals surface area contributed by atoms with Gasteiger partial charge < -0.3 is 5.73 Å². The molecule has 2 heteroatoms. The smallest absolute Gasteiger partial charge is 0.0599 e. The van der Waals surface area contributed by atoms with E-state index in [4.69, 9.17) is 12.2 Å². The summed E-state index contributed by atoms with van der Waals surface area (Å²) >= 11 is 0. The number of nitrogens with two attached hydrogens (primary N) is 1. The summed E-state index contributed by atoms with van der Waals surface area (Å²) in [5, 5.41) is 0. The highest BCUT2D eigenvalue weighted by Gasteiger charge is 2.24. The quantitative estimate of drug-likeness (QED) is 0.619. The van der Waals surface area contributed by atoms with Gasteiger partial charge in [-0.3, -0.25) is 4.90 Å².